The van der Waals surface area contributed by atoms with Crippen molar-refractivity contribution in [1.82, 2.24) is 0 Å². The van der Waals surface area contributed by atoms with Crippen molar-refractivity contribution in [3.63, 3.8) is 0 Å². The van der Waals surface area contributed by atoms with Crippen molar-refractivity contribution in [2.24, 2.45) is 22.1 Å². The zero-order chi connectivity index (χ0) is 9.47. The first-order valence-corrected chi connectivity index (χ1v) is 5.55. The quantitative estimate of drug-likeness (QED) is 0.376. The van der Waals surface area contributed by atoms with Crippen LogP contribution in [0.25, 0.3) is 0 Å². The van der Waals surface area contributed by atoms with Gasteiger partial charge in [-0.15, -0.1) is 0 Å². The molecule has 0 amide bonds. The first-order chi connectivity index (χ1) is 6.06. The second-order valence-electron chi connectivity index (χ2n) is 4.79. The molecule has 0 aliphatic heterocycles. The lowest BCUT2D eigenvalue weighted by Crippen LogP contribution is -2.12. The molecule has 2 aliphatic rings. The van der Waals surface area contributed by atoms with E-state index in [2.05, 4.69) is 10.2 Å². The molecular weight excluding hydrogens is 184 g/mol. The van der Waals surface area contributed by atoms with E-state index in [-0.39, 0.29) is 0 Å². The largest absolute Gasteiger partial charge is 0.188 e. The van der Waals surface area contributed by atoms with Gasteiger partial charge in [-0.05, 0) is 51.4 Å². The van der Waals surface area contributed by atoms with Gasteiger partial charge < -0.3 is 0 Å². The van der Waals surface area contributed by atoms with Gasteiger partial charge >= 0.3 is 0 Å². The Morgan fingerprint density at radius 3 is 1.92 bits per heavy atom. The molecule has 0 aromatic heterocycles. The van der Waals surface area contributed by atoms with E-state index in [0.717, 1.165) is 11.8 Å². The van der Waals surface area contributed by atoms with Crippen molar-refractivity contribution in [2.45, 2.75) is 50.6 Å². The number of alkyl halides is 1. The molecule has 0 aromatic rings. The summed E-state index contributed by atoms with van der Waals surface area (Å²) in [5, 5.41) is 8.58. The second kappa shape index (κ2) is 3.23. The van der Waals surface area contributed by atoms with E-state index in [4.69, 9.17) is 11.6 Å². The molecule has 0 radical (unpaired) electrons. The lowest BCUT2D eigenvalue weighted by Gasteiger charge is -2.12. The molecule has 2 saturated carbocycles. The van der Waals surface area contributed by atoms with E-state index in [0.29, 0.717) is 6.04 Å². The maximum atomic E-state index is 5.97. The standard InChI is InChI=1S/C10H17ClN2/c1-10(2,11)13-12-9(7-3-4-7)8-5-6-8/h7-9H,3-6H2,1-2H3/b13-12+. The first kappa shape index (κ1) is 9.45. The molecular formula is C10H17ClN2. The van der Waals surface area contributed by atoms with Gasteiger partial charge in [-0.2, -0.15) is 10.2 Å². The zero-order valence-corrected chi connectivity index (χ0v) is 9.09. The number of azo groups is 1. The molecule has 3 heteroatoms. The number of hydrogen-bond acceptors (Lipinski definition) is 2. The van der Waals surface area contributed by atoms with E-state index < -0.39 is 5.00 Å². The zero-order valence-electron chi connectivity index (χ0n) is 8.33. The molecule has 2 nitrogen and oxygen atoms in total. The lowest BCUT2D eigenvalue weighted by molar-refractivity contribution is 0.486. The average molecular weight is 201 g/mol. The Hall–Kier alpha value is -0.110. The molecule has 0 atom stereocenters. The van der Waals surface area contributed by atoms with E-state index >= 15 is 0 Å². The normalized spacial score (nSPS) is 24.6. The molecule has 0 unspecified atom stereocenters. The van der Waals surface area contributed by atoms with Crippen LogP contribution in [0.15, 0.2) is 10.2 Å². The Kier molecular flexibility index (Phi) is 2.35. The van der Waals surface area contributed by atoms with Crippen molar-refractivity contribution in [3.05, 3.63) is 0 Å². The highest BCUT2D eigenvalue weighted by molar-refractivity contribution is 6.23. The predicted octanol–water partition coefficient (Wildman–Crippen LogP) is 3.60. The van der Waals surface area contributed by atoms with E-state index in [1.54, 1.807) is 0 Å². The summed E-state index contributed by atoms with van der Waals surface area (Å²) in [4.78, 5) is -0.512. The monoisotopic (exact) mass is 200 g/mol. The van der Waals surface area contributed by atoms with Gasteiger partial charge in [0.1, 0.15) is 5.00 Å². The molecule has 2 aliphatic carbocycles. The SMILES string of the molecule is CC(C)(Cl)/N=N/C(C1CC1)C1CC1. The van der Waals surface area contributed by atoms with E-state index in [9.17, 15) is 0 Å². The summed E-state index contributed by atoms with van der Waals surface area (Å²) < 4.78 is 0. The average Bonchev–Trinajstić information content (AvgIpc) is 2.80. The first-order valence-electron chi connectivity index (χ1n) is 5.17. The van der Waals surface area contributed by atoms with Crippen LogP contribution in [-0.2, 0) is 0 Å². The summed E-state index contributed by atoms with van der Waals surface area (Å²) in [6, 6.07) is 0.498. The van der Waals surface area contributed by atoms with Crippen LogP contribution in [-0.4, -0.2) is 11.0 Å². The molecule has 0 heterocycles. The third-order valence-corrected chi connectivity index (χ3v) is 2.71. The van der Waals surface area contributed by atoms with Gasteiger partial charge in [0, 0.05) is 0 Å². The number of halogens is 1. The number of nitrogens with zero attached hydrogens (tertiary/aromatic N) is 2. The van der Waals surface area contributed by atoms with Crippen molar-refractivity contribution < 1.29 is 0 Å². The molecule has 0 N–H and O–H groups in total. The maximum absolute atomic E-state index is 5.97. The van der Waals surface area contributed by atoms with Crippen LogP contribution in [0.5, 0.6) is 0 Å². The smallest absolute Gasteiger partial charge is 0.149 e. The minimum Gasteiger partial charge on any atom is -0.188 e. The summed E-state index contributed by atoms with van der Waals surface area (Å²) in [6.45, 7) is 3.77. The molecule has 0 bridgehead atoms. The van der Waals surface area contributed by atoms with E-state index in [1.165, 1.54) is 25.7 Å². The molecule has 13 heavy (non-hydrogen) atoms. The molecule has 74 valence electrons. The fraction of sp³-hybridized carbons (Fsp3) is 1.00. The van der Waals surface area contributed by atoms with Crippen LogP contribution in [0.1, 0.15) is 39.5 Å². The fourth-order valence-corrected chi connectivity index (χ4v) is 1.70. The minimum atomic E-state index is -0.512. The van der Waals surface area contributed by atoms with Crippen molar-refractivity contribution in [2.75, 3.05) is 0 Å². The van der Waals surface area contributed by atoms with Gasteiger partial charge in [-0.3, -0.25) is 0 Å². The molecule has 0 aromatic carbocycles. The summed E-state index contributed by atoms with van der Waals surface area (Å²) in [5.74, 6) is 1.66. The van der Waals surface area contributed by atoms with Gasteiger partial charge in [0.2, 0.25) is 0 Å². The summed E-state index contributed by atoms with van der Waals surface area (Å²) in [6.07, 6.45) is 5.40. The third kappa shape index (κ3) is 2.94. The molecule has 0 spiro atoms. The topological polar surface area (TPSA) is 24.7 Å². The minimum absolute atomic E-state index is 0.498. The van der Waals surface area contributed by atoms with Crippen LogP contribution in [0.3, 0.4) is 0 Å². The molecule has 0 saturated heterocycles. The van der Waals surface area contributed by atoms with E-state index in [1.807, 2.05) is 13.8 Å². The Labute approximate surface area is 84.8 Å². The van der Waals surface area contributed by atoms with Crippen molar-refractivity contribution in [3.8, 4) is 0 Å². The van der Waals surface area contributed by atoms with Crippen molar-refractivity contribution in [1.29, 1.82) is 0 Å². The third-order valence-electron chi connectivity index (χ3n) is 2.64. The lowest BCUT2D eigenvalue weighted by atomic mass is 10.1. The van der Waals surface area contributed by atoms with Crippen LogP contribution in [0.4, 0.5) is 0 Å². The Morgan fingerprint density at radius 2 is 1.62 bits per heavy atom. The fourth-order valence-electron chi connectivity index (χ4n) is 1.65. The summed E-state index contributed by atoms with van der Waals surface area (Å²) >= 11 is 5.97. The Balaban J connectivity index is 1.92. The predicted molar refractivity (Wildman–Crippen MR) is 54.0 cm³/mol. The molecule has 2 rings (SSSR count). The van der Waals surface area contributed by atoms with Crippen LogP contribution < -0.4 is 0 Å². The van der Waals surface area contributed by atoms with Crippen LogP contribution in [0.2, 0.25) is 0 Å². The van der Waals surface area contributed by atoms with Crippen molar-refractivity contribution >= 4 is 11.6 Å². The van der Waals surface area contributed by atoms with Gasteiger partial charge in [-0.25, -0.2) is 0 Å². The number of rotatable bonds is 4. The Bertz CT molecular complexity index is 199. The van der Waals surface area contributed by atoms with Gasteiger partial charge in [0.15, 0.2) is 0 Å². The second-order valence-corrected chi connectivity index (χ2v) is 5.72. The van der Waals surface area contributed by atoms with Crippen LogP contribution in [0, 0.1) is 11.8 Å². The maximum Gasteiger partial charge on any atom is 0.149 e. The van der Waals surface area contributed by atoms with Gasteiger partial charge in [-0.1, -0.05) is 11.6 Å². The highest BCUT2D eigenvalue weighted by Gasteiger charge is 2.42. The number of hydrogen-bond donors (Lipinski definition) is 0. The highest BCUT2D eigenvalue weighted by Crippen LogP contribution is 2.46. The van der Waals surface area contributed by atoms with Gasteiger partial charge in [0.05, 0.1) is 6.04 Å². The summed E-state index contributed by atoms with van der Waals surface area (Å²) in [7, 11) is 0. The van der Waals surface area contributed by atoms with Crippen LogP contribution >= 0.6 is 11.6 Å². The Morgan fingerprint density at radius 1 is 1.15 bits per heavy atom. The van der Waals surface area contributed by atoms with Gasteiger partial charge in [0.25, 0.3) is 0 Å². The summed E-state index contributed by atoms with van der Waals surface area (Å²) in [5.41, 5.74) is 0. The highest BCUT2D eigenvalue weighted by atomic mass is 35.5. The molecule has 2 fully saturated rings.